The summed E-state index contributed by atoms with van der Waals surface area (Å²) in [5.41, 5.74) is 6.30. The lowest BCUT2D eigenvalue weighted by molar-refractivity contribution is -0.856. The zero-order valence-electron chi connectivity index (χ0n) is 17.0. The monoisotopic (exact) mass is 382 g/mol. The summed E-state index contributed by atoms with van der Waals surface area (Å²) in [4.78, 5) is 21.4. The standard InChI is InChI=1S/C22H27N3OS/c1-14-7-8-18(16(3)11-14)21(26)25(10-9-24(5)6)22-23-20-17(4)12-15(2)13-19(20)27-22/h7-8,11-13H,9-10H2,1-6H3/p+1. The van der Waals surface area contributed by atoms with Crippen LogP contribution in [0, 0.1) is 27.7 Å². The molecule has 0 aliphatic rings. The van der Waals surface area contributed by atoms with Gasteiger partial charge in [-0.15, -0.1) is 0 Å². The third-order valence-electron chi connectivity index (χ3n) is 4.74. The number of nitrogens with one attached hydrogen (secondary N) is 1. The van der Waals surface area contributed by atoms with Crippen LogP contribution in [0.4, 0.5) is 5.13 Å². The van der Waals surface area contributed by atoms with Gasteiger partial charge in [0, 0.05) is 5.56 Å². The highest BCUT2D eigenvalue weighted by atomic mass is 32.1. The molecule has 1 aromatic heterocycles. The van der Waals surface area contributed by atoms with E-state index in [1.807, 2.05) is 30.9 Å². The molecule has 142 valence electrons. The molecule has 0 atom stereocenters. The molecule has 1 heterocycles. The number of hydrogen-bond donors (Lipinski definition) is 1. The molecule has 0 unspecified atom stereocenters. The maximum absolute atomic E-state index is 13.4. The van der Waals surface area contributed by atoms with Crippen molar-refractivity contribution >= 4 is 32.6 Å². The van der Waals surface area contributed by atoms with E-state index in [-0.39, 0.29) is 5.91 Å². The van der Waals surface area contributed by atoms with E-state index in [0.717, 1.165) is 38.6 Å². The van der Waals surface area contributed by atoms with Gasteiger partial charge in [-0.2, -0.15) is 0 Å². The summed E-state index contributed by atoms with van der Waals surface area (Å²) in [6.45, 7) is 9.74. The van der Waals surface area contributed by atoms with E-state index in [2.05, 4.69) is 46.1 Å². The molecule has 2 aromatic carbocycles. The van der Waals surface area contributed by atoms with Gasteiger partial charge in [-0.25, -0.2) is 4.98 Å². The van der Waals surface area contributed by atoms with Crippen LogP contribution in [-0.2, 0) is 0 Å². The summed E-state index contributed by atoms with van der Waals surface area (Å²) in [6.07, 6.45) is 0. The van der Waals surface area contributed by atoms with Crippen molar-refractivity contribution in [2.75, 3.05) is 32.1 Å². The van der Waals surface area contributed by atoms with Gasteiger partial charge in [0.25, 0.3) is 5.91 Å². The molecule has 1 amide bonds. The van der Waals surface area contributed by atoms with Crippen LogP contribution in [0.15, 0.2) is 30.3 Å². The molecule has 0 saturated heterocycles. The number of thiazole rings is 1. The molecule has 0 saturated carbocycles. The van der Waals surface area contributed by atoms with Gasteiger partial charge < -0.3 is 4.90 Å². The second-order valence-electron chi connectivity index (χ2n) is 7.66. The van der Waals surface area contributed by atoms with Crippen molar-refractivity contribution in [3.05, 3.63) is 58.1 Å². The molecule has 5 heteroatoms. The number of rotatable bonds is 5. The Bertz CT molecular complexity index is 991. The Hall–Kier alpha value is -2.24. The van der Waals surface area contributed by atoms with Crippen LogP contribution in [0.25, 0.3) is 10.2 Å². The van der Waals surface area contributed by atoms with E-state index in [9.17, 15) is 4.79 Å². The second-order valence-corrected chi connectivity index (χ2v) is 8.67. The molecule has 0 radical (unpaired) electrons. The van der Waals surface area contributed by atoms with Gasteiger partial charge >= 0.3 is 0 Å². The SMILES string of the molecule is Cc1ccc(C(=O)N(CC[NH+](C)C)c2nc3c(C)cc(C)cc3s2)c(C)c1. The third kappa shape index (κ3) is 4.20. The van der Waals surface area contributed by atoms with Crippen LogP contribution < -0.4 is 9.80 Å². The van der Waals surface area contributed by atoms with Gasteiger partial charge in [0.05, 0.1) is 37.4 Å². The van der Waals surface area contributed by atoms with Gasteiger partial charge in [-0.05, 0) is 56.5 Å². The number of aromatic nitrogens is 1. The number of aryl methyl sites for hydroxylation is 4. The Morgan fingerprint density at radius 3 is 2.41 bits per heavy atom. The quantitative estimate of drug-likeness (QED) is 0.735. The number of quaternary nitrogens is 1. The first kappa shape index (κ1) is 19.5. The van der Waals surface area contributed by atoms with E-state index in [0.29, 0.717) is 6.54 Å². The zero-order chi connectivity index (χ0) is 19.7. The van der Waals surface area contributed by atoms with Crippen LogP contribution in [0.5, 0.6) is 0 Å². The Labute approximate surface area is 165 Å². The predicted octanol–water partition coefficient (Wildman–Crippen LogP) is 3.32. The van der Waals surface area contributed by atoms with Crippen LogP contribution >= 0.6 is 11.3 Å². The molecule has 3 aromatic rings. The second kappa shape index (κ2) is 7.79. The van der Waals surface area contributed by atoms with Crippen molar-refractivity contribution in [1.29, 1.82) is 0 Å². The smallest absolute Gasteiger partial charge is 0.260 e. The summed E-state index contributed by atoms with van der Waals surface area (Å²) in [5.74, 6) is 0.0298. The highest BCUT2D eigenvalue weighted by Crippen LogP contribution is 2.32. The predicted molar refractivity (Wildman–Crippen MR) is 114 cm³/mol. The lowest BCUT2D eigenvalue weighted by atomic mass is 10.0. The molecule has 4 nitrogen and oxygen atoms in total. The Balaban J connectivity index is 2.05. The number of nitrogens with zero attached hydrogens (tertiary/aromatic N) is 2. The molecule has 0 aliphatic heterocycles. The van der Waals surface area contributed by atoms with Crippen molar-refractivity contribution in [2.45, 2.75) is 27.7 Å². The van der Waals surface area contributed by atoms with E-state index < -0.39 is 0 Å². The Morgan fingerprint density at radius 2 is 1.74 bits per heavy atom. The largest absolute Gasteiger partial charge is 0.338 e. The molecule has 0 fully saturated rings. The van der Waals surface area contributed by atoms with Crippen LogP contribution in [0.3, 0.4) is 0 Å². The maximum Gasteiger partial charge on any atom is 0.260 e. The highest BCUT2D eigenvalue weighted by molar-refractivity contribution is 7.22. The van der Waals surface area contributed by atoms with Gasteiger partial charge in [0.2, 0.25) is 0 Å². The van der Waals surface area contributed by atoms with Gasteiger partial charge in [-0.3, -0.25) is 9.69 Å². The summed E-state index contributed by atoms with van der Waals surface area (Å²) in [5, 5.41) is 0.782. The zero-order valence-corrected chi connectivity index (χ0v) is 17.8. The van der Waals surface area contributed by atoms with E-state index in [1.165, 1.54) is 16.0 Å². The van der Waals surface area contributed by atoms with E-state index >= 15 is 0 Å². The average molecular weight is 383 g/mol. The number of carbonyl (C=O) groups is 1. The lowest BCUT2D eigenvalue weighted by Crippen LogP contribution is -3.06. The molecule has 1 N–H and O–H groups in total. The number of hydrogen-bond acceptors (Lipinski definition) is 3. The fourth-order valence-electron chi connectivity index (χ4n) is 3.29. The number of benzene rings is 2. The first-order valence-corrected chi connectivity index (χ1v) is 10.1. The van der Waals surface area contributed by atoms with Crippen molar-refractivity contribution in [3.8, 4) is 0 Å². The highest BCUT2D eigenvalue weighted by Gasteiger charge is 2.23. The molecule has 27 heavy (non-hydrogen) atoms. The minimum atomic E-state index is 0.0298. The first-order chi connectivity index (χ1) is 12.8. The number of likely N-dealkylation sites (N-methyl/N-ethyl adjacent to an activating group) is 1. The maximum atomic E-state index is 13.4. The molecular weight excluding hydrogens is 354 g/mol. The topological polar surface area (TPSA) is 37.6 Å². The van der Waals surface area contributed by atoms with Gasteiger partial charge in [0.1, 0.15) is 0 Å². The molecule has 0 aliphatic carbocycles. The first-order valence-electron chi connectivity index (χ1n) is 9.32. The van der Waals surface area contributed by atoms with Crippen LogP contribution in [-0.4, -0.2) is 38.1 Å². The van der Waals surface area contributed by atoms with Gasteiger partial charge in [-0.1, -0.05) is 35.1 Å². The lowest BCUT2D eigenvalue weighted by Gasteiger charge is -2.21. The van der Waals surface area contributed by atoms with Crippen LogP contribution in [0.1, 0.15) is 32.6 Å². The number of amides is 1. The van der Waals surface area contributed by atoms with E-state index in [4.69, 9.17) is 4.98 Å². The third-order valence-corrected chi connectivity index (χ3v) is 5.77. The number of anilines is 1. The fraction of sp³-hybridized carbons (Fsp3) is 0.364. The summed E-state index contributed by atoms with van der Waals surface area (Å²) in [7, 11) is 4.21. The average Bonchev–Trinajstić information content (AvgIpc) is 2.98. The van der Waals surface area contributed by atoms with Crippen LogP contribution in [0.2, 0.25) is 0 Å². The molecule has 0 bridgehead atoms. The van der Waals surface area contributed by atoms with Crippen molar-refractivity contribution < 1.29 is 9.69 Å². The Morgan fingerprint density at radius 1 is 1.04 bits per heavy atom. The minimum Gasteiger partial charge on any atom is -0.338 e. The summed E-state index contributed by atoms with van der Waals surface area (Å²) in [6, 6.07) is 10.3. The van der Waals surface area contributed by atoms with E-state index in [1.54, 1.807) is 11.3 Å². The molecule has 3 rings (SSSR count). The van der Waals surface area contributed by atoms with Crippen molar-refractivity contribution in [1.82, 2.24) is 4.98 Å². The Kier molecular flexibility index (Phi) is 5.63. The minimum absolute atomic E-state index is 0.0298. The van der Waals surface area contributed by atoms with Crippen molar-refractivity contribution in [3.63, 3.8) is 0 Å². The summed E-state index contributed by atoms with van der Waals surface area (Å²) >= 11 is 1.60. The molecular formula is C22H28N3OS+. The molecule has 0 spiro atoms. The normalized spacial score (nSPS) is 11.4. The van der Waals surface area contributed by atoms with Gasteiger partial charge in [0.15, 0.2) is 5.13 Å². The van der Waals surface area contributed by atoms with Crippen molar-refractivity contribution in [2.24, 2.45) is 0 Å². The number of fused-ring (bicyclic) bond motifs is 1. The fourth-order valence-corrected chi connectivity index (χ4v) is 4.46. The number of carbonyl (C=O) groups excluding carboxylic acids is 1. The summed E-state index contributed by atoms with van der Waals surface area (Å²) < 4.78 is 1.14.